The average molecular weight is 374 g/mol. The minimum Gasteiger partial charge on any atom is -0.294 e. The normalized spacial score (nSPS) is 16.5. The van der Waals surface area contributed by atoms with E-state index in [1.54, 1.807) is 4.52 Å². The SMILES string of the molecule is O=C1CC(c2ccc(Cl)cc2)Cc2nc3c(-c4ccccc4)cnn3cc21. The number of Topliss-reactive ketones (excluding diaryl/α,β-unsaturated/α-hetero) is 1. The molecule has 1 aliphatic rings. The van der Waals surface area contributed by atoms with Crippen LogP contribution >= 0.6 is 11.6 Å². The lowest BCUT2D eigenvalue weighted by Crippen LogP contribution is -2.21. The van der Waals surface area contributed by atoms with Gasteiger partial charge in [-0.25, -0.2) is 9.50 Å². The zero-order chi connectivity index (χ0) is 18.4. The zero-order valence-corrected chi connectivity index (χ0v) is 15.2. The van der Waals surface area contributed by atoms with Gasteiger partial charge in [0.05, 0.1) is 17.5 Å². The van der Waals surface area contributed by atoms with Gasteiger partial charge in [-0.15, -0.1) is 0 Å². The van der Waals surface area contributed by atoms with Gasteiger partial charge in [-0.05, 0) is 35.6 Å². The van der Waals surface area contributed by atoms with Gasteiger partial charge in [0, 0.05) is 23.2 Å². The maximum Gasteiger partial charge on any atom is 0.166 e. The Morgan fingerprint density at radius 2 is 1.74 bits per heavy atom. The van der Waals surface area contributed by atoms with Crippen LogP contribution in [0.5, 0.6) is 0 Å². The highest BCUT2D eigenvalue weighted by Gasteiger charge is 2.28. The quantitative estimate of drug-likeness (QED) is 0.498. The van der Waals surface area contributed by atoms with Gasteiger partial charge in [0.15, 0.2) is 11.4 Å². The number of benzene rings is 2. The van der Waals surface area contributed by atoms with Crippen molar-refractivity contribution in [1.82, 2.24) is 14.6 Å². The van der Waals surface area contributed by atoms with Crippen molar-refractivity contribution in [2.45, 2.75) is 18.8 Å². The van der Waals surface area contributed by atoms with Gasteiger partial charge >= 0.3 is 0 Å². The summed E-state index contributed by atoms with van der Waals surface area (Å²) in [7, 11) is 0. The molecular formula is C22H16ClN3O. The van der Waals surface area contributed by atoms with Crippen LogP contribution in [0.1, 0.15) is 34.0 Å². The Bertz CT molecular complexity index is 1150. The number of ketones is 1. The number of carbonyl (C=O) groups excluding carboxylic acids is 1. The molecule has 5 heteroatoms. The molecule has 0 bridgehead atoms. The maximum absolute atomic E-state index is 12.7. The summed E-state index contributed by atoms with van der Waals surface area (Å²) in [6.07, 6.45) is 4.85. The lowest BCUT2D eigenvalue weighted by Gasteiger charge is -2.23. The second kappa shape index (κ2) is 6.32. The number of halogens is 1. The fourth-order valence-corrected chi connectivity index (χ4v) is 3.89. The fourth-order valence-electron chi connectivity index (χ4n) is 3.77. The van der Waals surface area contributed by atoms with E-state index < -0.39 is 0 Å². The van der Waals surface area contributed by atoms with Gasteiger partial charge in [-0.3, -0.25) is 4.79 Å². The number of nitrogens with zero attached hydrogens (tertiary/aromatic N) is 3. The molecule has 27 heavy (non-hydrogen) atoms. The van der Waals surface area contributed by atoms with Crippen molar-refractivity contribution in [3.05, 3.63) is 88.8 Å². The molecule has 2 aromatic carbocycles. The highest BCUT2D eigenvalue weighted by atomic mass is 35.5. The highest BCUT2D eigenvalue weighted by Crippen LogP contribution is 2.33. The molecule has 1 unspecified atom stereocenters. The van der Waals surface area contributed by atoms with Crippen molar-refractivity contribution in [2.75, 3.05) is 0 Å². The Hall–Kier alpha value is -2.98. The van der Waals surface area contributed by atoms with E-state index in [2.05, 4.69) is 5.10 Å². The number of fused-ring (bicyclic) bond motifs is 2. The van der Waals surface area contributed by atoms with Gasteiger partial charge in [0.2, 0.25) is 0 Å². The standard InChI is InChI=1S/C22H16ClN3O/c23-17-8-6-14(7-9-17)16-10-20-19(21(27)11-16)13-26-22(25-20)18(12-24-26)15-4-2-1-3-5-15/h1-9,12-13,16H,10-11H2. The van der Waals surface area contributed by atoms with Crippen LogP contribution in [0.25, 0.3) is 16.8 Å². The van der Waals surface area contributed by atoms with Crippen molar-refractivity contribution in [3.63, 3.8) is 0 Å². The van der Waals surface area contributed by atoms with E-state index in [9.17, 15) is 4.79 Å². The lowest BCUT2D eigenvalue weighted by atomic mass is 9.82. The van der Waals surface area contributed by atoms with Crippen LogP contribution in [0, 0.1) is 0 Å². The number of hydrogen-bond acceptors (Lipinski definition) is 3. The third-order valence-corrected chi connectivity index (χ3v) is 5.42. The summed E-state index contributed by atoms with van der Waals surface area (Å²) in [6.45, 7) is 0. The molecule has 0 amide bonds. The molecule has 4 nitrogen and oxygen atoms in total. The van der Waals surface area contributed by atoms with Gasteiger partial charge in [0.25, 0.3) is 0 Å². The first kappa shape index (κ1) is 16.2. The van der Waals surface area contributed by atoms with Crippen LogP contribution in [0.2, 0.25) is 5.02 Å². The van der Waals surface area contributed by atoms with E-state index in [0.29, 0.717) is 17.0 Å². The Labute approximate surface area is 161 Å². The average Bonchev–Trinajstić information content (AvgIpc) is 3.11. The number of rotatable bonds is 2. The first-order valence-electron chi connectivity index (χ1n) is 8.90. The predicted octanol–water partition coefficient (Wildman–Crippen LogP) is 4.96. The van der Waals surface area contributed by atoms with Gasteiger partial charge < -0.3 is 0 Å². The molecule has 2 aromatic heterocycles. The first-order chi connectivity index (χ1) is 13.2. The van der Waals surface area contributed by atoms with Crippen molar-refractivity contribution in [1.29, 1.82) is 0 Å². The van der Waals surface area contributed by atoms with Gasteiger partial charge in [0.1, 0.15) is 0 Å². The lowest BCUT2D eigenvalue weighted by molar-refractivity contribution is 0.0962. The van der Waals surface area contributed by atoms with Gasteiger partial charge in [-0.1, -0.05) is 54.1 Å². The predicted molar refractivity (Wildman–Crippen MR) is 105 cm³/mol. The van der Waals surface area contributed by atoms with E-state index in [1.807, 2.05) is 67.0 Å². The van der Waals surface area contributed by atoms with E-state index in [1.165, 1.54) is 0 Å². The molecule has 1 atom stereocenters. The zero-order valence-electron chi connectivity index (χ0n) is 14.5. The third kappa shape index (κ3) is 2.82. The molecule has 0 aliphatic heterocycles. The van der Waals surface area contributed by atoms with Crippen LogP contribution < -0.4 is 0 Å². The molecule has 0 fully saturated rings. The molecule has 4 aromatic rings. The second-order valence-corrected chi connectivity index (χ2v) is 7.31. The Morgan fingerprint density at radius 1 is 0.963 bits per heavy atom. The second-order valence-electron chi connectivity index (χ2n) is 6.87. The van der Waals surface area contributed by atoms with Crippen molar-refractivity contribution in [2.24, 2.45) is 0 Å². The topological polar surface area (TPSA) is 47.3 Å². The Balaban J connectivity index is 1.59. The van der Waals surface area contributed by atoms with Crippen molar-refractivity contribution in [3.8, 4) is 11.1 Å². The summed E-state index contributed by atoms with van der Waals surface area (Å²) < 4.78 is 1.71. The number of hydrogen-bond donors (Lipinski definition) is 0. The van der Waals surface area contributed by atoms with Crippen LogP contribution in [0.4, 0.5) is 0 Å². The molecule has 132 valence electrons. The summed E-state index contributed by atoms with van der Waals surface area (Å²) in [5.74, 6) is 0.239. The van der Waals surface area contributed by atoms with Crippen molar-refractivity contribution >= 4 is 23.0 Å². The Morgan fingerprint density at radius 3 is 2.52 bits per heavy atom. The molecule has 5 rings (SSSR count). The largest absolute Gasteiger partial charge is 0.294 e. The van der Waals surface area contributed by atoms with E-state index in [0.717, 1.165) is 34.5 Å². The molecule has 2 heterocycles. The third-order valence-electron chi connectivity index (χ3n) is 5.17. The molecule has 0 saturated heterocycles. The van der Waals surface area contributed by atoms with Crippen molar-refractivity contribution < 1.29 is 4.79 Å². The molecule has 0 N–H and O–H groups in total. The molecule has 0 radical (unpaired) electrons. The summed E-state index contributed by atoms with van der Waals surface area (Å²) in [4.78, 5) is 17.6. The van der Waals surface area contributed by atoms with Crippen LogP contribution in [0.15, 0.2) is 67.0 Å². The van der Waals surface area contributed by atoms with Crippen LogP contribution in [-0.2, 0) is 6.42 Å². The van der Waals surface area contributed by atoms with E-state index in [-0.39, 0.29) is 11.7 Å². The molecule has 0 saturated carbocycles. The van der Waals surface area contributed by atoms with Crippen LogP contribution in [-0.4, -0.2) is 20.4 Å². The van der Waals surface area contributed by atoms with Crippen LogP contribution in [0.3, 0.4) is 0 Å². The monoisotopic (exact) mass is 373 g/mol. The highest BCUT2D eigenvalue weighted by molar-refractivity contribution is 6.30. The minimum absolute atomic E-state index is 0.113. The molecule has 0 spiro atoms. The van der Waals surface area contributed by atoms with E-state index >= 15 is 0 Å². The number of carbonyl (C=O) groups is 1. The molecular weight excluding hydrogens is 358 g/mol. The summed E-state index contributed by atoms with van der Waals surface area (Å²) in [5.41, 5.74) is 5.46. The number of aromatic nitrogens is 3. The first-order valence-corrected chi connectivity index (χ1v) is 9.28. The maximum atomic E-state index is 12.7. The minimum atomic E-state index is 0.113. The summed E-state index contributed by atoms with van der Waals surface area (Å²) in [5, 5.41) is 5.11. The Kier molecular flexibility index (Phi) is 3.80. The van der Waals surface area contributed by atoms with Gasteiger partial charge in [-0.2, -0.15) is 5.10 Å². The molecule has 1 aliphatic carbocycles. The smallest absolute Gasteiger partial charge is 0.166 e. The van der Waals surface area contributed by atoms with E-state index in [4.69, 9.17) is 16.6 Å². The summed E-state index contributed by atoms with van der Waals surface area (Å²) >= 11 is 6.00. The summed E-state index contributed by atoms with van der Waals surface area (Å²) in [6, 6.07) is 17.8. The fraction of sp³-hybridized carbons (Fsp3) is 0.136.